The van der Waals surface area contributed by atoms with Crippen molar-refractivity contribution in [3.63, 3.8) is 0 Å². The number of rotatable bonds is 5. The maximum Gasteiger partial charge on any atom is 0.191 e. The largest absolute Gasteiger partial charge is 0.377 e. The molecule has 1 rings (SSSR count). The molecule has 0 aliphatic rings. The molecule has 4 nitrogen and oxygen atoms in total. The molecule has 0 saturated heterocycles. The van der Waals surface area contributed by atoms with E-state index in [9.17, 15) is 0 Å². The van der Waals surface area contributed by atoms with Crippen LogP contribution in [0.25, 0.3) is 0 Å². The molecule has 0 radical (unpaired) electrons. The fraction of sp³-hybridized carbons (Fsp3) is 0.562. The van der Waals surface area contributed by atoms with Gasteiger partial charge in [-0.2, -0.15) is 0 Å². The van der Waals surface area contributed by atoms with Gasteiger partial charge in [-0.15, -0.1) is 0 Å². The summed E-state index contributed by atoms with van der Waals surface area (Å²) in [4.78, 5) is 4.22. The summed E-state index contributed by atoms with van der Waals surface area (Å²) in [6.45, 7) is 10.5. The molecular weight excluding hydrogens is 250 g/mol. The zero-order chi connectivity index (χ0) is 15.0. The van der Waals surface area contributed by atoms with Gasteiger partial charge in [-0.3, -0.25) is 4.99 Å². The van der Waals surface area contributed by atoms with Crippen LogP contribution in [0, 0.1) is 0 Å². The highest BCUT2D eigenvalue weighted by Gasteiger charge is 2.11. The van der Waals surface area contributed by atoms with Gasteiger partial charge < -0.3 is 15.4 Å². The van der Waals surface area contributed by atoms with Crippen LogP contribution in [0.15, 0.2) is 29.3 Å². The minimum atomic E-state index is 0.00317. The van der Waals surface area contributed by atoms with Gasteiger partial charge in [0.25, 0.3) is 0 Å². The number of aliphatic imine (C=N–C) groups is 1. The molecule has 0 heterocycles. The summed E-state index contributed by atoms with van der Waals surface area (Å²) in [6, 6.07) is 8.44. The van der Waals surface area contributed by atoms with E-state index in [2.05, 4.69) is 60.7 Å². The molecule has 0 aromatic heterocycles. The molecule has 1 aromatic carbocycles. The van der Waals surface area contributed by atoms with Gasteiger partial charge in [0.05, 0.1) is 6.61 Å². The number of nitrogens with one attached hydrogen (secondary N) is 2. The molecule has 4 heteroatoms. The van der Waals surface area contributed by atoms with Crippen LogP contribution in [0.5, 0.6) is 0 Å². The van der Waals surface area contributed by atoms with Gasteiger partial charge >= 0.3 is 0 Å². The number of hydrogen-bond acceptors (Lipinski definition) is 2. The Morgan fingerprint density at radius 2 is 1.75 bits per heavy atom. The maximum atomic E-state index is 5.39. The first-order chi connectivity index (χ1) is 9.44. The second kappa shape index (κ2) is 7.90. The Morgan fingerprint density at radius 1 is 1.15 bits per heavy atom. The van der Waals surface area contributed by atoms with Gasteiger partial charge in [0.15, 0.2) is 5.96 Å². The highest BCUT2D eigenvalue weighted by Crippen LogP contribution is 2.06. The van der Waals surface area contributed by atoms with E-state index in [0.717, 1.165) is 19.1 Å². The Hall–Kier alpha value is -1.55. The molecule has 112 valence electrons. The summed E-state index contributed by atoms with van der Waals surface area (Å²) < 4.78 is 5.39. The van der Waals surface area contributed by atoms with E-state index in [0.29, 0.717) is 6.61 Å². The fourth-order valence-electron chi connectivity index (χ4n) is 1.69. The van der Waals surface area contributed by atoms with Gasteiger partial charge in [-0.25, -0.2) is 0 Å². The lowest BCUT2D eigenvalue weighted by Gasteiger charge is -2.23. The molecule has 0 aliphatic carbocycles. The number of hydrogen-bond donors (Lipinski definition) is 2. The average molecular weight is 277 g/mol. The minimum Gasteiger partial charge on any atom is -0.377 e. The summed E-state index contributed by atoms with van der Waals surface area (Å²) in [5.74, 6) is 0.816. The summed E-state index contributed by atoms with van der Waals surface area (Å²) in [5.41, 5.74) is 2.43. The zero-order valence-electron chi connectivity index (χ0n) is 13.3. The lowest BCUT2D eigenvalue weighted by atomic mass is 10.1. The first-order valence-electron chi connectivity index (χ1n) is 7.09. The predicted molar refractivity (Wildman–Crippen MR) is 84.9 cm³/mol. The average Bonchev–Trinajstić information content (AvgIpc) is 2.41. The molecule has 0 spiro atoms. The highest BCUT2D eigenvalue weighted by atomic mass is 16.5. The highest BCUT2D eigenvalue weighted by molar-refractivity contribution is 5.80. The molecule has 0 bridgehead atoms. The quantitative estimate of drug-likeness (QED) is 0.642. The molecule has 0 atom stereocenters. The van der Waals surface area contributed by atoms with Crippen LogP contribution in [0.3, 0.4) is 0 Å². The predicted octanol–water partition coefficient (Wildman–Crippen LogP) is 2.69. The summed E-state index contributed by atoms with van der Waals surface area (Å²) >= 11 is 0. The van der Waals surface area contributed by atoms with Gasteiger partial charge in [0, 0.05) is 25.7 Å². The molecule has 0 fully saturated rings. The molecule has 1 aromatic rings. The van der Waals surface area contributed by atoms with Crippen LogP contribution < -0.4 is 10.6 Å². The number of nitrogens with zero attached hydrogens (tertiary/aromatic N) is 1. The second-order valence-electron chi connectivity index (χ2n) is 5.75. The molecule has 0 amide bonds. The molecular formula is C16H27N3O. The summed E-state index contributed by atoms with van der Waals surface area (Å²) in [7, 11) is 1.78. The molecule has 20 heavy (non-hydrogen) atoms. The van der Waals surface area contributed by atoms with E-state index < -0.39 is 0 Å². The van der Waals surface area contributed by atoms with Crippen molar-refractivity contribution in [3.05, 3.63) is 35.4 Å². The maximum absolute atomic E-state index is 5.39. The van der Waals surface area contributed by atoms with Gasteiger partial charge in [0.1, 0.15) is 0 Å². The lowest BCUT2D eigenvalue weighted by Crippen LogP contribution is -2.47. The van der Waals surface area contributed by atoms with Crippen molar-refractivity contribution in [2.24, 2.45) is 4.99 Å². The Morgan fingerprint density at radius 3 is 2.25 bits per heavy atom. The van der Waals surface area contributed by atoms with E-state index in [1.807, 2.05) is 6.92 Å². The third-order valence-electron chi connectivity index (χ3n) is 2.67. The monoisotopic (exact) mass is 277 g/mol. The van der Waals surface area contributed by atoms with Crippen molar-refractivity contribution in [1.29, 1.82) is 0 Å². The Bertz CT molecular complexity index is 418. The third kappa shape index (κ3) is 6.57. The van der Waals surface area contributed by atoms with Crippen molar-refractivity contribution in [3.8, 4) is 0 Å². The van der Waals surface area contributed by atoms with Crippen molar-refractivity contribution < 1.29 is 4.74 Å². The normalized spacial score (nSPS) is 12.3. The topological polar surface area (TPSA) is 45.6 Å². The van der Waals surface area contributed by atoms with Gasteiger partial charge in [-0.05, 0) is 38.8 Å². The standard InChI is InChI=1S/C16H27N3O/c1-6-20-12-14-9-7-13(8-10-14)11-18-15(17-5)19-16(2,3)4/h7-10H,6,11-12H2,1-5H3,(H2,17,18,19). The fourth-order valence-corrected chi connectivity index (χ4v) is 1.69. The van der Waals surface area contributed by atoms with Crippen LogP contribution in [0.2, 0.25) is 0 Å². The first kappa shape index (κ1) is 16.5. The van der Waals surface area contributed by atoms with E-state index in [1.54, 1.807) is 7.05 Å². The van der Waals surface area contributed by atoms with Gasteiger partial charge in [-0.1, -0.05) is 24.3 Å². The van der Waals surface area contributed by atoms with Crippen molar-refractivity contribution in [1.82, 2.24) is 10.6 Å². The summed E-state index contributed by atoms with van der Waals surface area (Å²) in [6.07, 6.45) is 0. The second-order valence-corrected chi connectivity index (χ2v) is 5.75. The number of benzene rings is 1. The Balaban J connectivity index is 2.48. The van der Waals surface area contributed by atoms with Crippen LogP contribution in [0.1, 0.15) is 38.8 Å². The zero-order valence-corrected chi connectivity index (χ0v) is 13.3. The lowest BCUT2D eigenvalue weighted by molar-refractivity contribution is 0.134. The van der Waals surface area contributed by atoms with E-state index in [1.165, 1.54) is 11.1 Å². The van der Waals surface area contributed by atoms with Gasteiger partial charge in [0.2, 0.25) is 0 Å². The van der Waals surface area contributed by atoms with Crippen molar-refractivity contribution in [2.75, 3.05) is 13.7 Å². The van der Waals surface area contributed by atoms with Crippen LogP contribution >= 0.6 is 0 Å². The molecule has 0 saturated carbocycles. The Labute approximate surface area is 122 Å². The SMILES string of the molecule is CCOCc1ccc(CNC(=NC)NC(C)(C)C)cc1. The minimum absolute atomic E-state index is 0.00317. The van der Waals surface area contributed by atoms with Crippen molar-refractivity contribution in [2.45, 2.75) is 46.4 Å². The summed E-state index contributed by atoms with van der Waals surface area (Å²) in [5, 5.41) is 6.65. The van der Waals surface area contributed by atoms with Crippen LogP contribution in [0.4, 0.5) is 0 Å². The number of guanidine groups is 1. The molecule has 0 aliphatic heterocycles. The Kier molecular flexibility index (Phi) is 6.52. The smallest absolute Gasteiger partial charge is 0.191 e. The molecule has 0 unspecified atom stereocenters. The van der Waals surface area contributed by atoms with E-state index >= 15 is 0 Å². The van der Waals surface area contributed by atoms with Crippen LogP contribution in [-0.2, 0) is 17.9 Å². The third-order valence-corrected chi connectivity index (χ3v) is 2.67. The van der Waals surface area contributed by atoms with E-state index in [4.69, 9.17) is 4.74 Å². The van der Waals surface area contributed by atoms with Crippen LogP contribution in [-0.4, -0.2) is 25.2 Å². The number of ether oxygens (including phenoxy) is 1. The van der Waals surface area contributed by atoms with Crippen molar-refractivity contribution >= 4 is 5.96 Å². The first-order valence-corrected chi connectivity index (χ1v) is 7.09. The molecule has 2 N–H and O–H groups in total. The van der Waals surface area contributed by atoms with E-state index in [-0.39, 0.29) is 5.54 Å².